The average Bonchev–Trinajstić information content (AvgIpc) is 2.54. The highest BCUT2D eigenvalue weighted by Gasteiger charge is 2.36. The molecule has 0 spiro atoms. The molecule has 0 aliphatic carbocycles. The van der Waals surface area contributed by atoms with Crippen LogP contribution in [-0.2, 0) is 15.1 Å². The zero-order chi connectivity index (χ0) is 15.1. The van der Waals surface area contributed by atoms with E-state index in [9.17, 15) is 9.90 Å². The first kappa shape index (κ1) is 15.0. The first-order valence-electron chi connectivity index (χ1n) is 6.86. The maximum Gasteiger partial charge on any atom is 0.347 e. The van der Waals surface area contributed by atoms with Gasteiger partial charge in [0.2, 0.25) is 5.60 Å². The van der Waals surface area contributed by atoms with Crippen LogP contribution in [0.15, 0.2) is 66.7 Å². The smallest absolute Gasteiger partial charge is 0.347 e. The van der Waals surface area contributed by atoms with Gasteiger partial charge in [0.05, 0.1) is 6.61 Å². The topological polar surface area (TPSA) is 46.5 Å². The Morgan fingerprint density at radius 2 is 1.67 bits per heavy atom. The second-order valence-electron chi connectivity index (χ2n) is 4.60. The lowest BCUT2D eigenvalue weighted by molar-refractivity contribution is -0.160. The van der Waals surface area contributed by atoms with E-state index in [-0.39, 0.29) is 6.61 Å². The lowest BCUT2D eigenvalue weighted by Gasteiger charge is -2.22. The van der Waals surface area contributed by atoms with Crippen molar-refractivity contribution in [3.8, 4) is 0 Å². The van der Waals surface area contributed by atoms with E-state index in [1.54, 1.807) is 37.3 Å². The lowest BCUT2D eigenvalue weighted by Crippen LogP contribution is -2.35. The van der Waals surface area contributed by atoms with Gasteiger partial charge in [-0.05, 0) is 24.1 Å². The fraction of sp³-hybridized carbons (Fsp3) is 0.167. The van der Waals surface area contributed by atoms with Crippen LogP contribution < -0.4 is 0 Å². The molecule has 3 nitrogen and oxygen atoms in total. The number of carbonyl (C=O) groups is 1. The quantitative estimate of drug-likeness (QED) is 0.857. The standard InChI is InChI=1S/C18H18O3/c1-2-21-17(19)18(20,16-11-7-4-8-12-16)14-13-15-9-5-3-6-10-15/h3-14,20H,2H2,1H3/b14-13+. The molecule has 0 saturated carbocycles. The Hall–Kier alpha value is -2.39. The lowest BCUT2D eigenvalue weighted by atomic mass is 9.92. The van der Waals surface area contributed by atoms with E-state index in [1.807, 2.05) is 36.4 Å². The first-order valence-corrected chi connectivity index (χ1v) is 6.86. The van der Waals surface area contributed by atoms with E-state index in [4.69, 9.17) is 4.74 Å². The summed E-state index contributed by atoms with van der Waals surface area (Å²) in [6.07, 6.45) is 3.18. The molecule has 2 aromatic carbocycles. The Bertz CT molecular complexity index is 605. The van der Waals surface area contributed by atoms with E-state index in [0.29, 0.717) is 5.56 Å². The molecular formula is C18H18O3. The molecule has 3 heteroatoms. The molecule has 0 heterocycles. The Kier molecular flexibility index (Phi) is 4.90. The van der Waals surface area contributed by atoms with E-state index in [2.05, 4.69) is 0 Å². The van der Waals surface area contributed by atoms with Crippen LogP contribution in [0.25, 0.3) is 6.08 Å². The second-order valence-corrected chi connectivity index (χ2v) is 4.60. The maximum atomic E-state index is 12.2. The first-order chi connectivity index (χ1) is 10.2. The van der Waals surface area contributed by atoms with Gasteiger partial charge in [-0.25, -0.2) is 4.79 Å². The number of benzene rings is 2. The number of carbonyl (C=O) groups excluding carboxylic acids is 1. The predicted octanol–water partition coefficient (Wildman–Crippen LogP) is 3.15. The summed E-state index contributed by atoms with van der Waals surface area (Å²) in [7, 11) is 0. The third-order valence-electron chi connectivity index (χ3n) is 3.12. The zero-order valence-electron chi connectivity index (χ0n) is 11.9. The monoisotopic (exact) mass is 282 g/mol. The van der Waals surface area contributed by atoms with Crippen molar-refractivity contribution in [2.24, 2.45) is 0 Å². The van der Waals surface area contributed by atoms with Gasteiger partial charge in [-0.1, -0.05) is 66.7 Å². The SMILES string of the molecule is CCOC(=O)C(O)(/C=C/c1ccccc1)c1ccccc1. The average molecular weight is 282 g/mol. The van der Waals surface area contributed by atoms with Crippen molar-refractivity contribution in [3.63, 3.8) is 0 Å². The molecule has 0 aliphatic rings. The second kappa shape index (κ2) is 6.86. The molecule has 0 saturated heterocycles. The molecule has 2 aromatic rings. The van der Waals surface area contributed by atoms with E-state index in [0.717, 1.165) is 5.56 Å². The minimum absolute atomic E-state index is 0.215. The molecule has 1 atom stereocenters. The molecule has 0 aromatic heterocycles. The molecule has 0 amide bonds. The van der Waals surface area contributed by atoms with Crippen LogP contribution in [0.3, 0.4) is 0 Å². The highest BCUT2D eigenvalue weighted by molar-refractivity contribution is 5.84. The summed E-state index contributed by atoms with van der Waals surface area (Å²) in [5.74, 6) is -0.677. The van der Waals surface area contributed by atoms with Crippen LogP contribution in [-0.4, -0.2) is 17.7 Å². The van der Waals surface area contributed by atoms with E-state index in [1.165, 1.54) is 6.08 Å². The van der Waals surface area contributed by atoms with Crippen molar-refractivity contribution in [2.75, 3.05) is 6.61 Å². The van der Waals surface area contributed by atoms with Crippen molar-refractivity contribution in [3.05, 3.63) is 77.9 Å². The summed E-state index contributed by atoms with van der Waals surface area (Å²) in [5.41, 5.74) is -0.403. The minimum Gasteiger partial charge on any atom is -0.463 e. The summed E-state index contributed by atoms with van der Waals surface area (Å²) < 4.78 is 5.01. The number of hydrogen-bond donors (Lipinski definition) is 1. The highest BCUT2D eigenvalue weighted by Crippen LogP contribution is 2.25. The Labute approximate surface area is 124 Å². The number of aliphatic hydroxyl groups is 1. The molecular weight excluding hydrogens is 264 g/mol. The van der Waals surface area contributed by atoms with Crippen molar-refractivity contribution in [1.29, 1.82) is 0 Å². The summed E-state index contributed by atoms with van der Waals surface area (Å²) in [6, 6.07) is 18.3. The fourth-order valence-corrected chi connectivity index (χ4v) is 2.00. The van der Waals surface area contributed by atoms with Gasteiger partial charge in [0.25, 0.3) is 0 Å². The highest BCUT2D eigenvalue weighted by atomic mass is 16.5. The normalized spacial score (nSPS) is 13.8. The molecule has 21 heavy (non-hydrogen) atoms. The summed E-state index contributed by atoms with van der Waals surface area (Å²) in [5, 5.41) is 10.8. The van der Waals surface area contributed by atoms with Gasteiger partial charge >= 0.3 is 5.97 Å². The summed E-state index contributed by atoms with van der Waals surface area (Å²) in [4.78, 5) is 12.2. The zero-order valence-corrected chi connectivity index (χ0v) is 11.9. The van der Waals surface area contributed by atoms with Crippen LogP contribution in [0, 0.1) is 0 Å². The van der Waals surface area contributed by atoms with Crippen LogP contribution >= 0.6 is 0 Å². The Morgan fingerprint density at radius 1 is 1.10 bits per heavy atom. The van der Waals surface area contributed by atoms with Crippen molar-refractivity contribution < 1.29 is 14.6 Å². The van der Waals surface area contributed by atoms with Crippen LogP contribution in [0.1, 0.15) is 18.1 Å². The van der Waals surface area contributed by atoms with Gasteiger partial charge in [-0.15, -0.1) is 0 Å². The van der Waals surface area contributed by atoms with E-state index >= 15 is 0 Å². The third kappa shape index (κ3) is 3.58. The van der Waals surface area contributed by atoms with E-state index < -0.39 is 11.6 Å². The van der Waals surface area contributed by atoms with Crippen LogP contribution in [0.5, 0.6) is 0 Å². The molecule has 0 radical (unpaired) electrons. The number of rotatable bonds is 5. The molecule has 0 bridgehead atoms. The Morgan fingerprint density at radius 3 is 2.24 bits per heavy atom. The number of esters is 1. The van der Waals surface area contributed by atoms with Gasteiger partial charge in [-0.3, -0.25) is 0 Å². The summed E-state index contributed by atoms with van der Waals surface area (Å²) in [6.45, 7) is 1.93. The minimum atomic E-state index is -1.78. The van der Waals surface area contributed by atoms with Crippen molar-refractivity contribution in [1.82, 2.24) is 0 Å². The van der Waals surface area contributed by atoms with Gasteiger partial charge in [0.15, 0.2) is 0 Å². The molecule has 1 N–H and O–H groups in total. The van der Waals surface area contributed by atoms with Gasteiger partial charge in [-0.2, -0.15) is 0 Å². The van der Waals surface area contributed by atoms with Crippen molar-refractivity contribution in [2.45, 2.75) is 12.5 Å². The molecule has 2 rings (SSSR count). The van der Waals surface area contributed by atoms with Gasteiger partial charge < -0.3 is 9.84 Å². The molecule has 1 unspecified atom stereocenters. The maximum absolute atomic E-state index is 12.2. The summed E-state index contributed by atoms with van der Waals surface area (Å²) >= 11 is 0. The van der Waals surface area contributed by atoms with Crippen LogP contribution in [0.2, 0.25) is 0 Å². The number of ether oxygens (including phenoxy) is 1. The predicted molar refractivity (Wildman–Crippen MR) is 82.4 cm³/mol. The number of hydrogen-bond acceptors (Lipinski definition) is 3. The van der Waals surface area contributed by atoms with Crippen LogP contribution in [0.4, 0.5) is 0 Å². The van der Waals surface area contributed by atoms with Crippen molar-refractivity contribution >= 4 is 12.0 Å². The largest absolute Gasteiger partial charge is 0.463 e. The molecule has 108 valence electrons. The molecule has 0 fully saturated rings. The van der Waals surface area contributed by atoms with Gasteiger partial charge in [0.1, 0.15) is 0 Å². The Balaban J connectivity index is 2.37. The molecule has 0 aliphatic heterocycles. The third-order valence-corrected chi connectivity index (χ3v) is 3.12. The fourth-order valence-electron chi connectivity index (χ4n) is 2.00. The van der Waals surface area contributed by atoms with Gasteiger partial charge in [0, 0.05) is 0 Å².